The second kappa shape index (κ2) is 10.5. The molecule has 0 saturated heterocycles. The van der Waals surface area contributed by atoms with Crippen molar-refractivity contribution in [3.05, 3.63) is 71.5 Å². The van der Waals surface area contributed by atoms with Crippen LogP contribution in [0.5, 0.6) is 0 Å². The van der Waals surface area contributed by atoms with Crippen molar-refractivity contribution in [1.82, 2.24) is 5.32 Å². The number of esters is 1. The molecule has 0 aliphatic heterocycles. The van der Waals surface area contributed by atoms with Crippen LogP contribution in [0.25, 0.3) is 11.0 Å². The van der Waals surface area contributed by atoms with E-state index >= 15 is 0 Å². The summed E-state index contributed by atoms with van der Waals surface area (Å²) in [6.07, 6.45) is 0.359. The fourth-order valence-electron chi connectivity index (χ4n) is 3.19. The Balaban J connectivity index is 1.64. The number of fused-ring (bicyclic) bond motifs is 1. The molecule has 0 unspecified atom stereocenters. The first-order chi connectivity index (χ1) is 15.0. The number of benzene rings is 2. The molecule has 0 aliphatic carbocycles. The van der Waals surface area contributed by atoms with Gasteiger partial charge in [-0.2, -0.15) is 0 Å². The Kier molecular flexibility index (Phi) is 7.56. The van der Waals surface area contributed by atoms with E-state index in [1.54, 1.807) is 12.1 Å². The summed E-state index contributed by atoms with van der Waals surface area (Å²) in [7, 11) is 0. The summed E-state index contributed by atoms with van der Waals surface area (Å²) >= 11 is 0. The SMILES string of the molecule is CCOCc1c(C(=O)OCC(=O)N[C@@H](Cc2ccccc2)C(C)=O)oc2ccccc12. The number of rotatable bonds is 10. The standard InChI is InChI=1S/C24H25NO6/c1-3-29-14-19-18-11-7-8-12-21(18)31-23(19)24(28)30-15-22(27)25-20(16(2)26)13-17-9-5-4-6-10-17/h4-12,20H,3,13-15H2,1-2H3,(H,25,27)/t20-/m0/s1. The molecule has 0 saturated carbocycles. The highest BCUT2D eigenvalue weighted by atomic mass is 16.5. The van der Waals surface area contributed by atoms with E-state index in [0.29, 0.717) is 24.2 Å². The molecule has 162 valence electrons. The average molecular weight is 423 g/mol. The van der Waals surface area contributed by atoms with Crippen molar-refractivity contribution in [2.24, 2.45) is 0 Å². The number of nitrogens with one attached hydrogen (secondary N) is 1. The highest BCUT2D eigenvalue weighted by Crippen LogP contribution is 2.27. The fourth-order valence-corrected chi connectivity index (χ4v) is 3.19. The summed E-state index contributed by atoms with van der Waals surface area (Å²) in [5.41, 5.74) is 2.03. The monoisotopic (exact) mass is 423 g/mol. The van der Waals surface area contributed by atoms with Crippen molar-refractivity contribution >= 4 is 28.6 Å². The first-order valence-electron chi connectivity index (χ1n) is 10.1. The number of carbonyl (C=O) groups is 3. The van der Waals surface area contributed by atoms with Gasteiger partial charge in [-0.1, -0.05) is 48.5 Å². The van der Waals surface area contributed by atoms with Gasteiger partial charge in [0.2, 0.25) is 5.76 Å². The Bertz CT molecular complexity index is 1060. The van der Waals surface area contributed by atoms with Gasteiger partial charge < -0.3 is 19.2 Å². The third-order valence-corrected chi connectivity index (χ3v) is 4.78. The molecule has 0 radical (unpaired) electrons. The molecule has 0 bridgehead atoms. The summed E-state index contributed by atoms with van der Waals surface area (Å²) in [6, 6.07) is 15.9. The van der Waals surface area contributed by atoms with Crippen LogP contribution < -0.4 is 5.32 Å². The van der Waals surface area contributed by atoms with Crippen LogP contribution in [0.2, 0.25) is 0 Å². The van der Waals surface area contributed by atoms with Crippen molar-refractivity contribution in [1.29, 1.82) is 0 Å². The van der Waals surface area contributed by atoms with E-state index in [0.717, 1.165) is 10.9 Å². The second-order valence-electron chi connectivity index (χ2n) is 7.04. The maximum Gasteiger partial charge on any atom is 0.375 e. The van der Waals surface area contributed by atoms with Crippen molar-refractivity contribution < 1.29 is 28.3 Å². The number of carbonyl (C=O) groups excluding carboxylic acids is 3. The molecule has 1 aromatic heterocycles. The minimum absolute atomic E-state index is 0.00912. The number of amides is 1. The molecular weight excluding hydrogens is 398 g/mol. The molecule has 1 heterocycles. The Morgan fingerprint density at radius 2 is 1.74 bits per heavy atom. The highest BCUT2D eigenvalue weighted by molar-refractivity contribution is 5.97. The Hall–Kier alpha value is -3.45. The molecule has 31 heavy (non-hydrogen) atoms. The minimum Gasteiger partial charge on any atom is -0.450 e. The van der Waals surface area contributed by atoms with E-state index in [1.807, 2.05) is 49.4 Å². The van der Waals surface area contributed by atoms with Crippen molar-refractivity contribution in [2.45, 2.75) is 32.9 Å². The van der Waals surface area contributed by atoms with Crippen LogP contribution in [0.1, 0.15) is 35.5 Å². The van der Waals surface area contributed by atoms with E-state index in [9.17, 15) is 14.4 Å². The number of furan rings is 1. The topological polar surface area (TPSA) is 94.8 Å². The van der Waals surface area contributed by atoms with Crippen molar-refractivity contribution in [3.8, 4) is 0 Å². The lowest BCUT2D eigenvalue weighted by Gasteiger charge is -2.16. The molecule has 1 N–H and O–H groups in total. The predicted molar refractivity (Wildman–Crippen MR) is 115 cm³/mol. The highest BCUT2D eigenvalue weighted by Gasteiger charge is 2.24. The zero-order chi connectivity index (χ0) is 22.2. The molecule has 1 amide bonds. The predicted octanol–water partition coefficient (Wildman–Crippen LogP) is 3.44. The maximum atomic E-state index is 12.6. The van der Waals surface area contributed by atoms with Crippen LogP contribution in [-0.2, 0) is 32.1 Å². The Labute approximate surface area is 180 Å². The van der Waals surface area contributed by atoms with E-state index < -0.39 is 24.5 Å². The van der Waals surface area contributed by atoms with E-state index in [-0.39, 0.29) is 18.2 Å². The number of hydrogen-bond donors (Lipinski definition) is 1. The first kappa shape index (κ1) is 22.2. The van der Waals surface area contributed by atoms with Crippen LogP contribution in [-0.4, -0.2) is 36.9 Å². The third kappa shape index (κ3) is 5.79. The smallest absolute Gasteiger partial charge is 0.375 e. The van der Waals surface area contributed by atoms with Gasteiger partial charge in [-0.05, 0) is 31.9 Å². The van der Waals surface area contributed by atoms with E-state index in [1.165, 1.54) is 6.92 Å². The molecule has 0 aliphatic rings. The van der Waals surface area contributed by atoms with Crippen molar-refractivity contribution in [2.75, 3.05) is 13.2 Å². The number of para-hydroxylation sites is 1. The van der Waals surface area contributed by atoms with Gasteiger partial charge in [-0.3, -0.25) is 9.59 Å². The van der Waals surface area contributed by atoms with Crippen LogP contribution in [0.4, 0.5) is 0 Å². The first-order valence-corrected chi connectivity index (χ1v) is 10.1. The molecule has 2 aromatic carbocycles. The summed E-state index contributed by atoms with van der Waals surface area (Å²) in [6.45, 7) is 3.40. The number of ether oxygens (including phenoxy) is 2. The Morgan fingerprint density at radius 3 is 2.45 bits per heavy atom. The summed E-state index contributed by atoms with van der Waals surface area (Å²) in [5, 5.41) is 3.38. The molecule has 1 atom stereocenters. The lowest BCUT2D eigenvalue weighted by Crippen LogP contribution is -2.43. The molecular formula is C24H25NO6. The molecule has 0 fully saturated rings. The van der Waals surface area contributed by atoms with Crippen LogP contribution in [0, 0.1) is 0 Å². The average Bonchev–Trinajstić information content (AvgIpc) is 3.15. The zero-order valence-electron chi connectivity index (χ0n) is 17.6. The number of ketones is 1. The largest absolute Gasteiger partial charge is 0.450 e. The zero-order valence-corrected chi connectivity index (χ0v) is 17.6. The third-order valence-electron chi connectivity index (χ3n) is 4.78. The van der Waals surface area contributed by atoms with Crippen LogP contribution in [0.15, 0.2) is 59.0 Å². The lowest BCUT2D eigenvalue weighted by molar-refractivity contribution is -0.128. The number of hydrogen-bond acceptors (Lipinski definition) is 6. The van der Waals surface area contributed by atoms with E-state index in [2.05, 4.69) is 5.32 Å². The fraction of sp³-hybridized carbons (Fsp3) is 0.292. The summed E-state index contributed by atoms with van der Waals surface area (Å²) < 4.78 is 16.3. The van der Waals surface area contributed by atoms with Gasteiger partial charge in [0, 0.05) is 17.6 Å². The normalized spacial score (nSPS) is 11.8. The molecule has 3 aromatic rings. The van der Waals surface area contributed by atoms with Gasteiger partial charge in [0.25, 0.3) is 5.91 Å². The van der Waals surface area contributed by atoms with Crippen LogP contribution in [0.3, 0.4) is 0 Å². The summed E-state index contributed by atoms with van der Waals surface area (Å²) in [4.78, 5) is 36.8. The van der Waals surface area contributed by atoms with Crippen LogP contribution >= 0.6 is 0 Å². The van der Waals surface area contributed by atoms with Crippen molar-refractivity contribution in [3.63, 3.8) is 0 Å². The molecule has 7 nitrogen and oxygen atoms in total. The number of Topliss-reactive ketones (excluding diaryl/α,β-unsaturated/α-hetero) is 1. The Morgan fingerprint density at radius 1 is 1.03 bits per heavy atom. The van der Waals surface area contributed by atoms with Gasteiger partial charge in [-0.15, -0.1) is 0 Å². The van der Waals surface area contributed by atoms with Gasteiger partial charge in [0.1, 0.15) is 5.58 Å². The van der Waals surface area contributed by atoms with Gasteiger partial charge >= 0.3 is 5.97 Å². The van der Waals surface area contributed by atoms with Gasteiger partial charge in [0.15, 0.2) is 12.4 Å². The van der Waals surface area contributed by atoms with Gasteiger partial charge in [0.05, 0.1) is 12.6 Å². The van der Waals surface area contributed by atoms with Gasteiger partial charge in [-0.25, -0.2) is 4.79 Å². The lowest BCUT2D eigenvalue weighted by atomic mass is 10.0. The second-order valence-corrected chi connectivity index (χ2v) is 7.04. The molecule has 3 rings (SSSR count). The molecule has 0 spiro atoms. The quantitative estimate of drug-likeness (QED) is 0.502. The summed E-state index contributed by atoms with van der Waals surface area (Å²) in [5.74, 6) is -1.50. The minimum atomic E-state index is -0.761. The molecule has 7 heteroatoms. The van der Waals surface area contributed by atoms with E-state index in [4.69, 9.17) is 13.9 Å². The maximum absolute atomic E-state index is 12.6.